The van der Waals surface area contributed by atoms with E-state index >= 15 is 0 Å². The second-order valence-electron chi connectivity index (χ2n) is 4.91. The molecule has 1 aromatic carbocycles. The SMILES string of the molecule is CCc1ccccc1C(N)C1=CCCCCC1. The summed E-state index contributed by atoms with van der Waals surface area (Å²) in [4.78, 5) is 0. The number of rotatable bonds is 3. The van der Waals surface area contributed by atoms with Crippen molar-refractivity contribution in [3.8, 4) is 0 Å². The molecule has 0 aliphatic heterocycles. The Labute approximate surface area is 105 Å². The van der Waals surface area contributed by atoms with Crippen LogP contribution >= 0.6 is 0 Å². The van der Waals surface area contributed by atoms with Crippen LogP contribution in [-0.4, -0.2) is 0 Å². The lowest BCUT2D eigenvalue weighted by Gasteiger charge is -2.18. The van der Waals surface area contributed by atoms with Crippen LogP contribution in [0.15, 0.2) is 35.9 Å². The minimum Gasteiger partial charge on any atom is -0.321 e. The predicted molar refractivity (Wildman–Crippen MR) is 73.9 cm³/mol. The summed E-state index contributed by atoms with van der Waals surface area (Å²) in [6, 6.07) is 8.72. The predicted octanol–water partition coefficient (Wildman–Crippen LogP) is 4.14. The first-order valence-corrected chi connectivity index (χ1v) is 6.85. The van der Waals surface area contributed by atoms with Crippen molar-refractivity contribution in [3.05, 3.63) is 47.0 Å². The lowest BCUT2D eigenvalue weighted by molar-refractivity contribution is 0.686. The van der Waals surface area contributed by atoms with Crippen LogP contribution < -0.4 is 5.73 Å². The molecule has 0 heterocycles. The van der Waals surface area contributed by atoms with Crippen LogP contribution in [0.4, 0.5) is 0 Å². The number of hydrogen-bond acceptors (Lipinski definition) is 1. The van der Waals surface area contributed by atoms with Crippen LogP contribution in [0, 0.1) is 0 Å². The van der Waals surface area contributed by atoms with Crippen LogP contribution in [0.1, 0.15) is 56.2 Å². The molecule has 17 heavy (non-hydrogen) atoms. The molecule has 2 rings (SSSR count). The third-order valence-electron chi connectivity index (χ3n) is 3.75. The summed E-state index contributed by atoms with van der Waals surface area (Å²) in [6.07, 6.45) is 9.80. The van der Waals surface area contributed by atoms with Crippen molar-refractivity contribution in [2.45, 2.75) is 51.5 Å². The van der Waals surface area contributed by atoms with E-state index in [4.69, 9.17) is 5.73 Å². The fourth-order valence-corrected chi connectivity index (χ4v) is 2.68. The van der Waals surface area contributed by atoms with Gasteiger partial charge in [-0.15, -0.1) is 0 Å². The summed E-state index contributed by atoms with van der Waals surface area (Å²) in [6.45, 7) is 2.20. The maximum atomic E-state index is 6.45. The van der Waals surface area contributed by atoms with Gasteiger partial charge in [-0.1, -0.05) is 49.3 Å². The van der Waals surface area contributed by atoms with E-state index in [1.165, 1.54) is 48.8 Å². The van der Waals surface area contributed by atoms with E-state index in [1.807, 2.05) is 0 Å². The molecule has 0 saturated carbocycles. The molecule has 0 spiro atoms. The summed E-state index contributed by atoms with van der Waals surface area (Å²) >= 11 is 0. The Morgan fingerprint density at radius 1 is 1.18 bits per heavy atom. The Bertz CT molecular complexity index is 392. The van der Waals surface area contributed by atoms with Crippen LogP contribution in [-0.2, 0) is 6.42 Å². The van der Waals surface area contributed by atoms with Crippen LogP contribution in [0.2, 0.25) is 0 Å². The van der Waals surface area contributed by atoms with E-state index in [9.17, 15) is 0 Å². The van der Waals surface area contributed by atoms with E-state index in [-0.39, 0.29) is 6.04 Å². The minimum absolute atomic E-state index is 0.115. The Morgan fingerprint density at radius 2 is 2.00 bits per heavy atom. The molecular weight excluding hydrogens is 206 g/mol. The second-order valence-corrected chi connectivity index (χ2v) is 4.91. The average Bonchev–Trinajstić information content (AvgIpc) is 2.66. The van der Waals surface area contributed by atoms with Gasteiger partial charge in [0.05, 0.1) is 6.04 Å². The topological polar surface area (TPSA) is 26.0 Å². The fourth-order valence-electron chi connectivity index (χ4n) is 2.68. The maximum Gasteiger partial charge on any atom is 0.0513 e. The molecule has 2 N–H and O–H groups in total. The number of nitrogens with two attached hydrogens (primary N) is 1. The Morgan fingerprint density at radius 3 is 2.82 bits per heavy atom. The summed E-state index contributed by atoms with van der Waals surface area (Å²) in [5, 5.41) is 0. The highest BCUT2D eigenvalue weighted by Crippen LogP contribution is 2.29. The van der Waals surface area contributed by atoms with Gasteiger partial charge in [-0.3, -0.25) is 0 Å². The molecule has 1 aromatic rings. The maximum absolute atomic E-state index is 6.45. The smallest absolute Gasteiger partial charge is 0.0513 e. The number of allylic oxidation sites excluding steroid dienone is 1. The quantitative estimate of drug-likeness (QED) is 0.774. The zero-order valence-corrected chi connectivity index (χ0v) is 10.8. The van der Waals surface area contributed by atoms with E-state index in [0.29, 0.717) is 0 Å². The van der Waals surface area contributed by atoms with Gasteiger partial charge in [-0.05, 0) is 43.2 Å². The number of hydrogen-bond donors (Lipinski definition) is 1. The van der Waals surface area contributed by atoms with Crippen molar-refractivity contribution in [2.24, 2.45) is 5.73 Å². The molecule has 1 heteroatoms. The third kappa shape index (κ3) is 2.98. The van der Waals surface area contributed by atoms with E-state index in [1.54, 1.807) is 0 Å². The molecule has 0 radical (unpaired) electrons. The minimum atomic E-state index is 0.115. The van der Waals surface area contributed by atoms with Crippen molar-refractivity contribution in [1.82, 2.24) is 0 Å². The first-order chi connectivity index (χ1) is 8.33. The normalized spacial score (nSPS) is 18.4. The van der Waals surface area contributed by atoms with E-state index < -0.39 is 0 Å². The summed E-state index contributed by atoms with van der Waals surface area (Å²) < 4.78 is 0. The zero-order valence-electron chi connectivity index (χ0n) is 10.8. The van der Waals surface area contributed by atoms with Gasteiger partial charge < -0.3 is 5.73 Å². The van der Waals surface area contributed by atoms with Crippen molar-refractivity contribution < 1.29 is 0 Å². The van der Waals surface area contributed by atoms with Crippen molar-refractivity contribution in [3.63, 3.8) is 0 Å². The van der Waals surface area contributed by atoms with Gasteiger partial charge in [-0.2, -0.15) is 0 Å². The molecule has 92 valence electrons. The Hall–Kier alpha value is -1.08. The van der Waals surface area contributed by atoms with Crippen molar-refractivity contribution >= 4 is 0 Å². The van der Waals surface area contributed by atoms with Gasteiger partial charge in [-0.25, -0.2) is 0 Å². The molecule has 0 aromatic heterocycles. The van der Waals surface area contributed by atoms with Crippen molar-refractivity contribution in [1.29, 1.82) is 0 Å². The number of benzene rings is 1. The summed E-state index contributed by atoms with van der Waals surface area (Å²) in [5.74, 6) is 0. The molecule has 0 saturated heterocycles. The molecular formula is C16H23N. The fraction of sp³-hybridized carbons (Fsp3) is 0.500. The molecule has 1 aliphatic carbocycles. The second kappa shape index (κ2) is 6.02. The van der Waals surface area contributed by atoms with Crippen LogP contribution in [0.5, 0.6) is 0 Å². The first-order valence-electron chi connectivity index (χ1n) is 6.85. The summed E-state index contributed by atoms with van der Waals surface area (Å²) in [5.41, 5.74) is 10.6. The van der Waals surface area contributed by atoms with Gasteiger partial charge in [0.1, 0.15) is 0 Å². The molecule has 1 atom stereocenters. The molecule has 0 amide bonds. The standard InChI is InChI=1S/C16H23N/c1-2-13-9-7-8-12-15(13)16(17)14-10-5-3-4-6-11-14/h7-10,12,16H,2-6,11,17H2,1H3. The first kappa shape index (κ1) is 12.4. The van der Waals surface area contributed by atoms with Gasteiger partial charge in [0, 0.05) is 0 Å². The Balaban J connectivity index is 2.23. The van der Waals surface area contributed by atoms with Crippen molar-refractivity contribution in [2.75, 3.05) is 0 Å². The zero-order chi connectivity index (χ0) is 12.1. The Kier molecular flexibility index (Phi) is 4.38. The lowest BCUT2D eigenvalue weighted by Crippen LogP contribution is -2.15. The summed E-state index contributed by atoms with van der Waals surface area (Å²) in [7, 11) is 0. The van der Waals surface area contributed by atoms with Gasteiger partial charge >= 0.3 is 0 Å². The monoisotopic (exact) mass is 229 g/mol. The third-order valence-corrected chi connectivity index (χ3v) is 3.75. The molecule has 1 nitrogen and oxygen atoms in total. The van der Waals surface area contributed by atoms with Crippen LogP contribution in [0.3, 0.4) is 0 Å². The number of aryl methyl sites for hydroxylation is 1. The van der Waals surface area contributed by atoms with Gasteiger partial charge in [0.2, 0.25) is 0 Å². The van der Waals surface area contributed by atoms with Crippen LogP contribution in [0.25, 0.3) is 0 Å². The van der Waals surface area contributed by atoms with Gasteiger partial charge in [0.25, 0.3) is 0 Å². The largest absolute Gasteiger partial charge is 0.321 e. The molecule has 0 fully saturated rings. The average molecular weight is 229 g/mol. The lowest BCUT2D eigenvalue weighted by atomic mass is 9.91. The highest BCUT2D eigenvalue weighted by molar-refractivity contribution is 5.35. The van der Waals surface area contributed by atoms with Gasteiger partial charge in [0.15, 0.2) is 0 Å². The molecule has 0 bridgehead atoms. The highest BCUT2D eigenvalue weighted by atomic mass is 14.6. The van der Waals surface area contributed by atoms with E-state index in [0.717, 1.165) is 6.42 Å². The van der Waals surface area contributed by atoms with E-state index in [2.05, 4.69) is 37.3 Å². The highest BCUT2D eigenvalue weighted by Gasteiger charge is 2.15. The molecule has 1 unspecified atom stereocenters. The molecule has 1 aliphatic rings.